The minimum absolute atomic E-state index is 0.0400. The molecular formula is C13H14F2N4O4. The first-order valence-corrected chi connectivity index (χ1v) is 6.83. The number of aryl methyl sites for hydroxylation is 1. The standard InChI is InChI=1S/C13H14F2N4O4/c1-7-3-8(17-22-7)12(20)19-6-13(14,15)4-9(19)11-16-10(5-21-2)18-23-11/h3,9H,4-6H2,1-2H3/t9-/m0/s1. The maximum atomic E-state index is 13.8. The molecule has 0 aromatic carbocycles. The van der Waals surface area contributed by atoms with Crippen molar-refractivity contribution in [2.24, 2.45) is 0 Å². The molecule has 0 N–H and O–H groups in total. The van der Waals surface area contributed by atoms with E-state index in [9.17, 15) is 13.6 Å². The smallest absolute Gasteiger partial charge is 0.276 e. The van der Waals surface area contributed by atoms with E-state index >= 15 is 0 Å². The second-order valence-corrected chi connectivity index (χ2v) is 5.31. The van der Waals surface area contributed by atoms with Crippen LogP contribution in [0.2, 0.25) is 0 Å². The van der Waals surface area contributed by atoms with Crippen LogP contribution in [0.5, 0.6) is 0 Å². The van der Waals surface area contributed by atoms with Crippen molar-refractivity contribution in [3.63, 3.8) is 0 Å². The van der Waals surface area contributed by atoms with Gasteiger partial charge in [0.05, 0.1) is 6.54 Å². The van der Waals surface area contributed by atoms with Gasteiger partial charge in [-0.1, -0.05) is 10.3 Å². The monoisotopic (exact) mass is 328 g/mol. The fraction of sp³-hybridized carbons (Fsp3) is 0.538. The molecule has 0 unspecified atom stereocenters. The van der Waals surface area contributed by atoms with Crippen LogP contribution in [-0.2, 0) is 11.3 Å². The van der Waals surface area contributed by atoms with Crippen LogP contribution in [0.4, 0.5) is 8.78 Å². The van der Waals surface area contributed by atoms with Gasteiger partial charge in [0.2, 0.25) is 5.89 Å². The number of aromatic nitrogens is 3. The van der Waals surface area contributed by atoms with Crippen molar-refractivity contribution < 1.29 is 27.4 Å². The lowest BCUT2D eigenvalue weighted by molar-refractivity contribution is 0.0115. The molecule has 1 fully saturated rings. The predicted molar refractivity (Wildman–Crippen MR) is 69.6 cm³/mol. The highest BCUT2D eigenvalue weighted by molar-refractivity contribution is 5.92. The molecule has 10 heteroatoms. The van der Waals surface area contributed by atoms with Gasteiger partial charge in [0, 0.05) is 19.6 Å². The summed E-state index contributed by atoms with van der Waals surface area (Å²) in [5.74, 6) is -3.13. The Morgan fingerprint density at radius 3 is 2.91 bits per heavy atom. The molecule has 1 atom stereocenters. The third-order valence-electron chi connectivity index (χ3n) is 3.42. The Morgan fingerprint density at radius 1 is 1.48 bits per heavy atom. The molecule has 0 aliphatic carbocycles. The second kappa shape index (κ2) is 5.69. The Kier molecular flexibility index (Phi) is 3.84. The first-order valence-electron chi connectivity index (χ1n) is 6.83. The van der Waals surface area contributed by atoms with Crippen molar-refractivity contribution in [3.05, 3.63) is 29.2 Å². The van der Waals surface area contributed by atoms with E-state index in [1.165, 1.54) is 13.2 Å². The van der Waals surface area contributed by atoms with Gasteiger partial charge >= 0.3 is 0 Å². The number of halogens is 2. The van der Waals surface area contributed by atoms with E-state index in [0.29, 0.717) is 5.76 Å². The number of hydrogen-bond donors (Lipinski definition) is 0. The van der Waals surface area contributed by atoms with Gasteiger partial charge in [-0.3, -0.25) is 4.79 Å². The molecule has 1 aliphatic heterocycles. The van der Waals surface area contributed by atoms with Crippen LogP contribution in [-0.4, -0.2) is 45.7 Å². The van der Waals surface area contributed by atoms with E-state index in [4.69, 9.17) is 13.8 Å². The third kappa shape index (κ3) is 3.07. The van der Waals surface area contributed by atoms with Gasteiger partial charge in [0.1, 0.15) is 18.4 Å². The van der Waals surface area contributed by atoms with Crippen LogP contribution in [0, 0.1) is 6.92 Å². The average molecular weight is 328 g/mol. The summed E-state index contributed by atoms with van der Waals surface area (Å²) >= 11 is 0. The topological polar surface area (TPSA) is 94.5 Å². The van der Waals surface area contributed by atoms with E-state index in [1.807, 2.05) is 0 Å². The zero-order valence-corrected chi connectivity index (χ0v) is 12.5. The maximum Gasteiger partial charge on any atom is 0.276 e. The molecule has 0 bridgehead atoms. The highest BCUT2D eigenvalue weighted by atomic mass is 19.3. The fourth-order valence-corrected chi connectivity index (χ4v) is 2.46. The highest BCUT2D eigenvalue weighted by Crippen LogP contribution is 2.41. The SMILES string of the molecule is COCc1noc([C@@H]2CC(F)(F)CN2C(=O)c2cc(C)on2)n1. The predicted octanol–water partition coefficient (Wildman–Crippen LogP) is 1.73. The summed E-state index contributed by atoms with van der Waals surface area (Å²) in [5, 5.41) is 7.21. The summed E-state index contributed by atoms with van der Waals surface area (Å²) in [4.78, 5) is 17.4. The van der Waals surface area contributed by atoms with Gasteiger partial charge in [-0.05, 0) is 6.92 Å². The molecule has 23 heavy (non-hydrogen) atoms. The molecule has 1 amide bonds. The van der Waals surface area contributed by atoms with Gasteiger partial charge in [-0.2, -0.15) is 4.98 Å². The molecule has 2 aromatic rings. The number of methoxy groups -OCH3 is 1. The summed E-state index contributed by atoms with van der Waals surface area (Å²) < 4.78 is 42.3. The van der Waals surface area contributed by atoms with Crippen LogP contribution < -0.4 is 0 Å². The highest BCUT2D eigenvalue weighted by Gasteiger charge is 2.50. The Hall–Kier alpha value is -2.36. The van der Waals surface area contributed by atoms with Crippen LogP contribution in [0.1, 0.15) is 40.4 Å². The molecule has 1 aliphatic rings. The van der Waals surface area contributed by atoms with Gasteiger partial charge in [-0.25, -0.2) is 8.78 Å². The summed E-state index contributed by atoms with van der Waals surface area (Å²) in [6.45, 7) is 0.947. The summed E-state index contributed by atoms with van der Waals surface area (Å²) in [6, 6.07) is 0.368. The molecule has 0 spiro atoms. The fourth-order valence-electron chi connectivity index (χ4n) is 2.46. The average Bonchev–Trinajstić information content (AvgIpc) is 3.17. The normalized spacial score (nSPS) is 20.2. The second-order valence-electron chi connectivity index (χ2n) is 5.31. The number of nitrogens with zero attached hydrogens (tertiary/aromatic N) is 4. The Bertz CT molecular complexity index is 714. The largest absolute Gasteiger partial charge is 0.377 e. The zero-order chi connectivity index (χ0) is 16.6. The Morgan fingerprint density at radius 2 is 2.26 bits per heavy atom. The maximum absolute atomic E-state index is 13.8. The lowest BCUT2D eigenvalue weighted by Crippen LogP contribution is -2.33. The van der Waals surface area contributed by atoms with Gasteiger partial charge < -0.3 is 18.7 Å². The van der Waals surface area contributed by atoms with Crippen molar-refractivity contribution >= 4 is 5.91 Å². The minimum atomic E-state index is -3.05. The van der Waals surface area contributed by atoms with Crippen molar-refractivity contribution in [1.29, 1.82) is 0 Å². The summed E-state index contributed by atoms with van der Waals surface area (Å²) in [7, 11) is 1.45. The molecular weight excluding hydrogens is 314 g/mol. The van der Waals surface area contributed by atoms with E-state index in [2.05, 4.69) is 15.3 Å². The first kappa shape index (κ1) is 15.5. The van der Waals surface area contributed by atoms with Gasteiger partial charge in [0.15, 0.2) is 11.5 Å². The number of rotatable bonds is 4. The van der Waals surface area contributed by atoms with Crippen LogP contribution in [0.3, 0.4) is 0 Å². The molecule has 3 rings (SSSR count). The number of hydrogen-bond acceptors (Lipinski definition) is 7. The number of ether oxygens (including phenoxy) is 1. The Balaban J connectivity index is 1.88. The Labute approximate surface area is 129 Å². The van der Waals surface area contributed by atoms with Crippen molar-refractivity contribution in [2.45, 2.75) is 31.9 Å². The zero-order valence-electron chi connectivity index (χ0n) is 12.5. The molecule has 2 aromatic heterocycles. The van der Waals surface area contributed by atoms with Gasteiger partial charge in [0.25, 0.3) is 11.8 Å². The summed E-state index contributed by atoms with van der Waals surface area (Å²) in [5.41, 5.74) is -0.0400. The van der Waals surface area contributed by atoms with E-state index in [1.54, 1.807) is 6.92 Å². The number of likely N-dealkylation sites (tertiary alicyclic amines) is 1. The first-order chi connectivity index (χ1) is 10.9. The van der Waals surface area contributed by atoms with Crippen molar-refractivity contribution in [1.82, 2.24) is 20.2 Å². The van der Waals surface area contributed by atoms with E-state index in [-0.39, 0.29) is 24.0 Å². The van der Waals surface area contributed by atoms with E-state index < -0.39 is 30.8 Å². The molecule has 8 nitrogen and oxygen atoms in total. The van der Waals surface area contributed by atoms with Crippen molar-refractivity contribution in [3.8, 4) is 0 Å². The van der Waals surface area contributed by atoms with E-state index in [0.717, 1.165) is 4.90 Å². The molecule has 3 heterocycles. The van der Waals surface area contributed by atoms with Crippen molar-refractivity contribution in [2.75, 3.05) is 13.7 Å². The molecule has 0 radical (unpaired) electrons. The number of amides is 1. The third-order valence-corrected chi connectivity index (χ3v) is 3.42. The summed E-state index contributed by atoms with van der Waals surface area (Å²) in [6.07, 6.45) is -0.593. The van der Waals surface area contributed by atoms with Gasteiger partial charge in [-0.15, -0.1) is 0 Å². The quantitative estimate of drug-likeness (QED) is 0.843. The van der Waals surface area contributed by atoms with Crippen LogP contribution in [0.25, 0.3) is 0 Å². The molecule has 0 saturated carbocycles. The lowest BCUT2D eigenvalue weighted by Gasteiger charge is -2.19. The minimum Gasteiger partial charge on any atom is -0.377 e. The van der Waals surface area contributed by atoms with Crippen LogP contribution in [0.15, 0.2) is 15.1 Å². The molecule has 1 saturated heterocycles. The van der Waals surface area contributed by atoms with Crippen LogP contribution >= 0.6 is 0 Å². The lowest BCUT2D eigenvalue weighted by atomic mass is 10.2. The number of alkyl halides is 2. The number of carbonyl (C=O) groups excluding carboxylic acids is 1. The molecule has 124 valence electrons. The number of carbonyl (C=O) groups is 1.